The molecule has 0 saturated carbocycles. The summed E-state index contributed by atoms with van der Waals surface area (Å²) in [6.07, 6.45) is 2.02. The van der Waals surface area contributed by atoms with Crippen molar-refractivity contribution in [3.8, 4) is 0 Å². The number of hydrogen-bond donors (Lipinski definition) is 2. The van der Waals surface area contributed by atoms with Crippen LogP contribution in [0.1, 0.15) is 11.1 Å². The standard InChI is InChI=1S/C18H17F2N5/c19-15-7-5-13(6-8-15)11-22-17-12-23-25-18(24-17)21-10-9-14-3-1-2-4-16(14)20/h1-8,12H,9-11H2,(H2,21,22,24,25). The predicted molar refractivity (Wildman–Crippen MR) is 92.1 cm³/mol. The Morgan fingerprint density at radius 3 is 2.52 bits per heavy atom. The van der Waals surface area contributed by atoms with Crippen molar-refractivity contribution in [2.75, 3.05) is 17.2 Å². The minimum atomic E-state index is -0.270. The summed E-state index contributed by atoms with van der Waals surface area (Å²) in [6.45, 7) is 0.984. The number of aromatic nitrogens is 3. The van der Waals surface area contributed by atoms with E-state index in [4.69, 9.17) is 0 Å². The molecule has 7 heteroatoms. The summed E-state index contributed by atoms with van der Waals surface area (Å²) in [7, 11) is 0. The molecule has 3 aromatic rings. The van der Waals surface area contributed by atoms with Gasteiger partial charge in [0.05, 0.1) is 6.20 Å². The summed E-state index contributed by atoms with van der Waals surface area (Å²) in [5.41, 5.74) is 1.56. The number of halogens is 2. The maximum Gasteiger partial charge on any atom is 0.244 e. The van der Waals surface area contributed by atoms with Crippen LogP contribution in [0.4, 0.5) is 20.5 Å². The molecule has 0 spiro atoms. The predicted octanol–water partition coefficient (Wildman–Crippen LogP) is 3.42. The van der Waals surface area contributed by atoms with Gasteiger partial charge in [0.2, 0.25) is 5.95 Å². The zero-order chi connectivity index (χ0) is 17.5. The fourth-order valence-corrected chi connectivity index (χ4v) is 2.27. The van der Waals surface area contributed by atoms with Crippen LogP contribution in [0.3, 0.4) is 0 Å². The van der Waals surface area contributed by atoms with E-state index >= 15 is 0 Å². The molecule has 0 radical (unpaired) electrons. The van der Waals surface area contributed by atoms with Gasteiger partial charge in [-0.3, -0.25) is 0 Å². The number of nitrogens with zero attached hydrogens (tertiary/aromatic N) is 3. The fourth-order valence-electron chi connectivity index (χ4n) is 2.27. The highest BCUT2D eigenvalue weighted by Gasteiger charge is 2.03. The molecule has 0 aliphatic carbocycles. The first-order valence-electron chi connectivity index (χ1n) is 7.86. The fraction of sp³-hybridized carbons (Fsp3) is 0.167. The van der Waals surface area contributed by atoms with E-state index in [1.165, 1.54) is 24.4 Å². The van der Waals surface area contributed by atoms with Crippen molar-refractivity contribution in [2.24, 2.45) is 0 Å². The van der Waals surface area contributed by atoms with Crippen molar-refractivity contribution in [3.05, 3.63) is 77.5 Å². The van der Waals surface area contributed by atoms with Gasteiger partial charge in [-0.05, 0) is 35.7 Å². The average molecular weight is 341 g/mol. The Morgan fingerprint density at radius 1 is 0.920 bits per heavy atom. The van der Waals surface area contributed by atoms with Crippen LogP contribution in [0.5, 0.6) is 0 Å². The lowest BCUT2D eigenvalue weighted by molar-refractivity contribution is 0.610. The zero-order valence-electron chi connectivity index (χ0n) is 13.4. The Kier molecular flexibility index (Phi) is 5.46. The first-order chi connectivity index (χ1) is 12.2. The Hall–Kier alpha value is -3.09. The molecular formula is C18H17F2N5. The van der Waals surface area contributed by atoms with Crippen molar-refractivity contribution in [2.45, 2.75) is 13.0 Å². The smallest absolute Gasteiger partial charge is 0.244 e. The quantitative estimate of drug-likeness (QED) is 0.689. The second-order valence-corrected chi connectivity index (χ2v) is 5.41. The molecule has 1 heterocycles. The van der Waals surface area contributed by atoms with Crippen LogP contribution in [0.2, 0.25) is 0 Å². The molecule has 3 rings (SSSR count). The number of nitrogens with one attached hydrogen (secondary N) is 2. The molecule has 0 atom stereocenters. The topological polar surface area (TPSA) is 62.7 Å². The van der Waals surface area contributed by atoms with E-state index in [0.717, 1.165) is 5.56 Å². The molecule has 2 aromatic carbocycles. The van der Waals surface area contributed by atoms with Crippen LogP contribution >= 0.6 is 0 Å². The lowest BCUT2D eigenvalue weighted by atomic mass is 10.1. The van der Waals surface area contributed by atoms with Crippen LogP contribution in [-0.2, 0) is 13.0 Å². The number of anilines is 2. The number of rotatable bonds is 7. The van der Waals surface area contributed by atoms with Crippen molar-refractivity contribution < 1.29 is 8.78 Å². The van der Waals surface area contributed by atoms with E-state index in [2.05, 4.69) is 25.8 Å². The summed E-state index contributed by atoms with van der Waals surface area (Å²) >= 11 is 0. The summed E-state index contributed by atoms with van der Waals surface area (Å²) < 4.78 is 26.4. The van der Waals surface area contributed by atoms with Gasteiger partial charge in [-0.1, -0.05) is 30.3 Å². The Bertz CT molecular complexity index is 824. The molecule has 128 valence electrons. The molecular weight excluding hydrogens is 324 g/mol. The SMILES string of the molecule is Fc1ccc(CNc2cnnc(NCCc3ccccc3F)n2)cc1. The molecule has 0 aliphatic heterocycles. The molecule has 0 saturated heterocycles. The minimum Gasteiger partial charge on any atom is -0.365 e. The maximum atomic E-state index is 13.6. The van der Waals surface area contributed by atoms with Gasteiger partial charge in [0.25, 0.3) is 0 Å². The highest BCUT2D eigenvalue weighted by atomic mass is 19.1. The third-order valence-corrected chi connectivity index (χ3v) is 3.58. The van der Waals surface area contributed by atoms with Crippen LogP contribution in [-0.4, -0.2) is 21.7 Å². The van der Waals surface area contributed by atoms with Gasteiger partial charge in [0.15, 0.2) is 5.82 Å². The molecule has 0 bridgehead atoms. The second-order valence-electron chi connectivity index (χ2n) is 5.41. The number of hydrogen-bond acceptors (Lipinski definition) is 5. The summed E-state index contributed by atoms with van der Waals surface area (Å²) in [6, 6.07) is 12.9. The molecule has 0 unspecified atom stereocenters. The minimum absolute atomic E-state index is 0.224. The van der Waals surface area contributed by atoms with Gasteiger partial charge in [-0.15, -0.1) is 5.10 Å². The highest BCUT2D eigenvalue weighted by molar-refractivity contribution is 5.38. The molecule has 0 amide bonds. The van der Waals surface area contributed by atoms with E-state index in [-0.39, 0.29) is 11.6 Å². The Labute approximate surface area is 144 Å². The Morgan fingerprint density at radius 2 is 1.72 bits per heavy atom. The van der Waals surface area contributed by atoms with Gasteiger partial charge in [-0.25, -0.2) is 8.78 Å². The zero-order valence-corrected chi connectivity index (χ0v) is 13.4. The summed E-state index contributed by atoms with van der Waals surface area (Å²) in [4.78, 5) is 4.30. The molecule has 2 N–H and O–H groups in total. The molecule has 0 fully saturated rings. The van der Waals surface area contributed by atoms with E-state index in [1.807, 2.05) is 0 Å². The van der Waals surface area contributed by atoms with Gasteiger partial charge in [-0.2, -0.15) is 10.1 Å². The Balaban J connectivity index is 1.52. The lowest BCUT2D eigenvalue weighted by Crippen LogP contribution is -2.11. The van der Waals surface area contributed by atoms with Gasteiger partial charge in [0, 0.05) is 13.1 Å². The second kappa shape index (κ2) is 8.14. The van der Waals surface area contributed by atoms with Crippen molar-refractivity contribution in [1.29, 1.82) is 0 Å². The monoisotopic (exact) mass is 341 g/mol. The van der Waals surface area contributed by atoms with Crippen molar-refractivity contribution in [3.63, 3.8) is 0 Å². The number of benzene rings is 2. The lowest BCUT2D eigenvalue weighted by Gasteiger charge is -2.08. The molecule has 0 aliphatic rings. The van der Waals surface area contributed by atoms with Crippen molar-refractivity contribution >= 4 is 11.8 Å². The normalized spacial score (nSPS) is 10.5. The van der Waals surface area contributed by atoms with E-state index in [9.17, 15) is 8.78 Å². The summed E-state index contributed by atoms with van der Waals surface area (Å²) in [5.74, 6) is 0.417. The first kappa shape index (κ1) is 16.8. The van der Waals surface area contributed by atoms with Crippen molar-refractivity contribution in [1.82, 2.24) is 15.2 Å². The van der Waals surface area contributed by atoms with Crippen LogP contribution in [0, 0.1) is 11.6 Å². The van der Waals surface area contributed by atoms with Gasteiger partial charge < -0.3 is 10.6 Å². The third-order valence-electron chi connectivity index (χ3n) is 3.58. The molecule has 5 nitrogen and oxygen atoms in total. The average Bonchev–Trinajstić information content (AvgIpc) is 2.63. The molecule has 25 heavy (non-hydrogen) atoms. The van der Waals surface area contributed by atoms with Gasteiger partial charge >= 0.3 is 0 Å². The van der Waals surface area contributed by atoms with E-state index < -0.39 is 0 Å². The van der Waals surface area contributed by atoms with Crippen LogP contribution in [0.15, 0.2) is 54.7 Å². The highest BCUT2D eigenvalue weighted by Crippen LogP contribution is 2.09. The molecule has 1 aromatic heterocycles. The van der Waals surface area contributed by atoms with E-state index in [1.54, 1.807) is 30.3 Å². The summed E-state index contributed by atoms with van der Waals surface area (Å²) in [5, 5.41) is 13.9. The van der Waals surface area contributed by atoms with Crippen LogP contribution < -0.4 is 10.6 Å². The third kappa shape index (κ3) is 4.94. The van der Waals surface area contributed by atoms with Gasteiger partial charge in [0.1, 0.15) is 11.6 Å². The van der Waals surface area contributed by atoms with Crippen LogP contribution in [0.25, 0.3) is 0 Å². The van der Waals surface area contributed by atoms with E-state index in [0.29, 0.717) is 36.8 Å². The largest absolute Gasteiger partial charge is 0.365 e. The first-order valence-corrected chi connectivity index (χ1v) is 7.86. The maximum absolute atomic E-state index is 13.6.